The molecule has 2 heterocycles. The number of carbonyl (C=O) groups excluding carboxylic acids is 1. The highest BCUT2D eigenvalue weighted by Crippen LogP contribution is 2.41. The average molecular weight is 365 g/mol. The van der Waals surface area contributed by atoms with E-state index in [1.54, 1.807) is 23.7 Å². The number of thioether (sulfide) groups is 1. The number of para-hydroxylation sites is 2. The molecule has 0 saturated carbocycles. The van der Waals surface area contributed by atoms with Crippen LogP contribution in [0.4, 0.5) is 5.69 Å². The van der Waals surface area contributed by atoms with Crippen LogP contribution in [0.5, 0.6) is 5.75 Å². The molecule has 0 atom stereocenters. The summed E-state index contributed by atoms with van der Waals surface area (Å²) in [5.74, 6) is 1.30. The van der Waals surface area contributed by atoms with E-state index in [0.717, 1.165) is 28.3 Å². The zero-order valence-electron chi connectivity index (χ0n) is 14.7. The number of amides is 1. The summed E-state index contributed by atoms with van der Waals surface area (Å²) < 4.78 is 5.66. The van der Waals surface area contributed by atoms with Crippen molar-refractivity contribution >= 4 is 23.4 Å². The van der Waals surface area contributed by atoms with E-state index in [-0.39, 0.29) is 5.91 Å². The number of ether oxygens (including phenoxy) is 1. The minimum Gasteiger partial charge on any atom is -0.492 e. The first kappa shape index (κ1) is 16.7. The second kappa shape index (κ2) is 6.88. The van der Waals surface area contributed by atoms with Crippen LogP contribution in [0.15, 0.2) is 53.4 Å². The number of hydrogen-bond acceptors (Lipinski definition) is 4. The van der Waals surface area contributed by atoms with Crippen molar-refractivity contribution in [3.8, 4) is 17.0 Å². The van der Waals surface area contributed by atoms with E-state index < -0.39 is 0 Å². The van der Waals surface area contributed by atoms with Gasteiger partial charge in [0.1, 0.15) is 11.4 Å². The van der Waals surface area contributed by atoms with Crippen LogP contribution in [-0.4, -0.2) is 29.8 Å². The zero-order valence-corrected chi connectivity index (χ0v) is 15.5. The SMILES string of the molecule is CCOc1ccccc1N(C)C(=O)c1[nH]nc2c1CSc1ccccc1-2. The van der Waals surface area contributed by atoms with E-state index >= 15 is 0 Å². The summed E-state index contributed by atoms with van der Waals surface area (Å²) in [6.45, 7) is 2.48. The van der Waals surface area contributed by atoms with Gasteiger partial charge in [0.25, 0.3) is 5.91 Å². The first-order chi connectivity index (χ1) is 12.7. The Bertz CT molecular complexity index is 967. The van der Waals surface area contributed by atoms with Crippen LogP contribution in [0.1, 0.15) is 23.0 Å². The van der Waals surface area contributed by atoms with Gasteiger partial charge in [-0.2, -0.15) is 5.10 Å². The van der Waals surface area contributed by atoms with Gasteiger partial charge in [0, 0.05) is 28.8 Å². The number of aromatic nitrogens is 2. The van der Waals surface area contributed by atoms with E-state index in [9.17, 15) is 4.79 Å². The summed E-state index contributed by atoms with van der Waals surface area (Å²) in [5.41, 5.74) is 4.18. The fraction of sp³-hybridized carbons (Fsp3) is 0.200. The van der Waals surface area contributed by atoms with Gasteiger partial charge >= 0.3 is 0 Å². The highest BCUT2D eigenvalue weighted by Gasteiger charge is 2.28. The van der Waals surface area contributed by atoms with Crippen molar-refractivity contribution in [3.05, 3.63) is 59.8 Å². The van der Waals surface area contributed by atoms with Gasteiger partial charge in [-0.15, -0.1) is 11.8 Å². The van der Waals surface area contributed by atoms with Crippen molar-refractivity contribution in [1.82, 2.24) is 10.2 Å². The molecule has 0 spiro atoms. The molecule has 0 radical (unpaired) electrons. The summed E-state index contributed by atoms with van der Waals surface area (Å²) in [6, 6.07) is 15.7. The molecule has 0 bridgehead atoms. The number of nitrogens with one attached hydrogen (secondary N) is 1. The van der Waals surface area contributed by atoms with Crippen molar-refractivity contribution < 1.29 is 9.53 Å². The number of benzene rings is 2. The lowest BCUT2D eigenvalue weighted by Crippen LogP contribution is -2.28. The van der Waals surface area contributed by atoms with Gasteiger partial charge in [0.2, 0.25) is 0 Å². The first-order valence-electron chi connectivity index (χ1n) is 8.50. The maximum atomic E-state index is 13.1. The summed E-state index contributed by atoms with van der Waals surface area (Å²) in [4.78, 5) is 15.9. The number of H-pyrrole nitrogens is 1. The normalized spacial score (nSPS) is 12.2. The molecule has 0 aliphatic carbocycles. The molecule has 1 aromatic heterocycles. The Kier molecular flexibility index (Phi) is 4.42. The number of fused-ring (bicyclic) bond motifs is 3. The van der Waals surface area contributed by atoms with Gasteiger partial charge in [0.15, 0.2) is 0 Å². The zero-order chi connectivity index (χ0) is 18.1. The Morgan fingerprint density at radius 1 is 1.23 bits per heavy atom. The van der Waals surface area contributed by atoms with Crippen LogP contribution in [0.3, 0.4) is 0 Å². The minimum absolute atomic E-state index is 0.120. The number of carbonyl (C=O) groups is 1. The fourth-order valence-corrected chi connectivity index (χ4v) is 4.21. The van der Waals surface area contributed by atoms with Crippen LogP contribution in [0.25, 0.3) is 11.3 Å². The Hall–Kier alpha value is -2.73. The smallest absolute Gasteiger partial charge is 0.276 e. The molecule has 132 valence electrons. The molecule has 26 heavy (non-hydrogen) atoms. The molecule has 1 N–H and O–H groups in total. The molecule has 0 saturated heterocycles. The standard InChI is InChI=1S/C20H19N3O2S/c1-3-25-16-10-6-5-9-15(16)23(2)20(24)19-14-12-26-17-11-7-4-8-13(17)18(14)21-22-19/h4-11H,3,12H2,1-2H3,(H,21,22). The molecular formula is C20H19N3O2S. The lowest BCUT2D eigenvalue weighted by atomic mass is 10.1. The highest BCUT2D eigenvalue weighted by molar-refractivity contribution is 7.98. The lowest BCUT2D eigenvalue weighted by molar-refractivity contribution is 0.0986. The van der Waals surface area contributed by atoms with Crippen LogP contribution < -0.4 is 9.64 Å². The van der Waals surface area contributed by atoms with Gasteiger partial charge in [-0.3, -0.25) is 9.89 Å². The summed E-state index contributed by atoms with van der Waals surface area (Å²) in [6.07, 6.45) is 0. The predicted molar refractivity (Wildman–Crippen MR) is 104 cm³/mol. The van der Waals surface area contributed by atoms with Gasteiger partial charge in [-0.25, -0.2) is 0 Å². The highest BCUT2D eigenvalue weighted by atomic mass is 32.2. The molecule has 2 aromatic carbocycles. The van der Waals surface area contributed by atoms with E-state index in [4.69, 9.17) is 4.74 Å². The van der Waals surface area contributed by atoms with E-state index in [2.05, 4.69) is 16.3 Å². The van der Waals surface area contributed by atoms with Gasteiger partial charge in [-0.05, 0) is 25.1 Å². The maximum absolute atomic E-state index is 13.1. The number of rotatable bonds is 4. The molecular weight excluding hydrogens is 346 g/mol. The van der Waals surface area contributed by atoms with Crippen LogP contribution in [-0.2, 0) is 5.75 Å². The van der Waals surface area contributed by atoms with Gasteiger partial charge in [0.05, 0.1) is 18.0 Å². The third kappa shape index (κ3) is 2.76. The monoisotopic (exact) mass is 365 g/mol. The second-order valence-electron chi connectivity index (χ2n) is 5.98. The molecule has 4 rings (SSSR count). The Balaban J connectivity index is 1.70. The number of nitrogens with zero attached hydrogens (tertiary/aromatic N) is 2. The lowest BCUT2D eigenvalue weighted by Gasteiger charge is -2.21. The summed E-state index contributed by atoms with van der Waals surface area (Å²) >= 11 is 1.73. The first-order valence-corrected chi connectivity index (χ1v) is 9.48. The largest absolute Gasteiger partial charge is 0.492 e. The van der Waals surface area contributed by atoms with Crippen LogP contribution in [0.2, 0.25) is 0 Å². The molecule has 3 aromatic rings. The van der Waals surface area contributed by atoms with E-state index in [1.165, 1.54) is 4.90 Å². The summed E-state index contributed by atoms with van der Waals surface area (Å²) in [5, 5.41) is 7.40. The van der Waals surface area contributed by atoms with Gasteiger partial charge in [-0.1, -0.05) is 30.3 Å². The van der Waals surface area contributed by atoms with Crippen molar-refractivity contribution in [2.45, 2.75) is 17.6 Å². The van der Waals surface area contributed by atoms with Crippen LogP contribution in [0, 0.1) is 0 Å². The summed E-state index contributed by atoms with van der Waals surface area (Å²) in [7, 11) is 1.76. The van der Waals surface area contributed by atoms with Gasteiger partial charge < -0.3 is 9.64 Å². The third-order valence-electron chi connectivity index (χ3n) is 4.43. The number of aromatic amines is 1. The van der Waals surface area contributed by atoms with E-state index in [0.29, 0.717) is 18.1 Å². The topological polar surface area (TPSA) is 58.2 Å². The second-order valence-corrected chi connectivity index (χ2v) is 6.99. The number of hydrogen-bond donors (Lipinski definition) is 1. The van der Waals surface area contributed by atoms with Crippen molar-refractivity contribution in [1.29, 1.82) is 0 Å². The fourth-order valence-electron chi connectivity index (χ4n) is 3.13. The molecule has 0 unspecified atom stereocenters. The molecule has 1 aliphatic rings. The van der Waals surface area contributed by atoms with Crippen molar-refractivity contribution in [2.75, 3.05) is 18.6 Å². The molecule has 1 amide bonds. The Morgan fingerprint density at radius 3 is 2.85 bits per heavy atom. The Morgan fingerprint density at radius 2 is 2.00 bits per heavy atom. The van der Waals surface area contributed by atoms with Crippen molar-refractivity contribution in [2.24, 2.45) is 0 Å². The molecule has 1 aliphatic heterocycles. The molecule has 5 nitrogen and oxygen atoms in total. The predicted octanol–water partition coefficient (Wildman–Crippen LogP) is 4.36. The average Bonchev–Trinajstić information content (AvgIpc) is 3.12. The maximum Gasteiger partial charge on any atom is 0.276 e. The molecule has 6 heteroatoms. The molecule has 0 fully saturated rings. The Labute approximate surface area is 156 Å². The quantitative estimate of drug-likeness (QED) is 0.746. The number of anilines is 1. The minimum atomic E-state index is -0.120. The third-order valence-corrected chi connectivity index (χ3v) is 5.53. The van der Waals surface area contributed by atoms with Crippen LogP contribution >= 0.6 is 11.8 Å². The van der Waals surface area contributed by atoms with Crippen molar-refractivity contribution in [3.63, 3.8) is 0 Å². The van der Waals surface area contributed by atoms with E-state index in [1.807, 2.05) is 49.4 Å².